The average molecular weight is 403 g/mol. The van der Waals surface area contributed by atoms with Gasteiger partial charge in [0.15, 0.2) is 0 Å². The van der Waals surface area contributed by atoms with Crippen LogP contribution in [0.5, 0.6) is 0 Å². The summed E-state index contributed by atoms with van der Waals surface area (Å²) in [7, 11) is 0. The molecule has 0 bridgehead atoms. The molecule has 4 rings (SSSR count). The minimum absolute atomic E-state index is 0.263. The van der Waals surface area contributed by atoms with E-state index in [1.807, 2.05) is 25.1 Å². The molecule has 1 atom stereocenters. The number of nitrogens with zero attached hydrogens (tertiary/aromatic N) is 3. The summed E-state index contributed by atoms with van der Waals surface area (Å²) in [4.78, 5) is 5.46. The van der Waals surface area contributed by atoms with Gasteiger partial charge in [0.1, 0.15) is 5.60 Å². The van der Waals surface area contributed by atoms with Crippen LogP contribution in [0.4, 0.5) is 13.2 Å². The third-order valence-electron chi connectivity index (χ3n) is 5.66. The quantitative estimate of drug-likeness (QED) is 0.711. The van der Waals surface area contributed by atoms with Crippen molar-refractivity contribution in [3.05, 3.63) is 65.1 Å². The summed E-state index contributed by atoms with van der Waals surface area (Å²) < 4.78 is 40.9. The zero-order valence-electron chi connectivity index (χ0n) is 16.5. The van der Waals surface area contributed by atoms with Crippen LogP contribution in [0.1, 0.15) is 29.3 Å². The Morgan fingerprint density at radius 2 is 1.83 bits per heavy atom. The van der Waals surface area contributed by atoms with E-state index in [-0.39, 0.29) is 6.54 Å². The van der Waals surface area contributed by atoms with E-state index < -0.39 is 18.3 Å². The monoisotopic (exact) mass is 403 g/mol. The number of pyridine rings is 1. The highest BCUT2D eigenvalue weighted by Gasteiger charge is 2.34. The molecule has 3 heterocycles. The van der Waals surface area contributed by atoms with Crippen LogP contribution in [0.25, 0.3) is 10.9 Å². The van der Waals surface area contributed by atoms with Gasteiger partial charge in [0.25, 0.3) is 0 Å². The van der Waals surface area contributed by atoms with E-state index in [4.69, 9.17) is 0 Å². The van der Waals surface area contributed by atoms with Crippen LogP contribution < -0.4 is 0 Å². The first kappa shape index (κ1) is 19.9. The minimum atomic E-state index is -4.21. The number of fused-ring (bicyclic) bond motifs is 3. The summed E-state index contributed by atoms with van der Waals surface area (Å²) in [5, 5.41) is 12.1. The molecule has 2 aromatic heterocycles. The Hall–Kier alpha value is -2.38. The van der Waals surface area contributed by atoms with Gasteiger partial charge >= 0.3 is 6.18 Å². The zero-order valence-corrected chi connectivity index (χ0v) is 16.5. The van der Waals surface area contributed by atoms with Crippen molar-refractivity contribution in [3.63, 3.8) is 0 Å². The van der Waals surface area contributed by atoms with Crippen molar-refractivity contribution in [1.82, 2.24) is 14.5 Å². The fourth-order valence-electron chi connectivity index (χ4n) is 4.30. The lowest BCUT2D eigenvalue weighted by atomic mass is 9.96. The first-order valence-electron chi connectivity index (χ1n) is 9.67. The molecule has 0 spiro atoms. The first-order chi connectivity index (χ1) is 13.6. The molecular weight excluding hydrogens is 379 g/mol. The van der Waals surface area contributed by atoms with Gasteiger partial charge in [-0.25, -0.2) is 0 Å². The van der Waals surface area contributed by atoms with Crippen LogP contribution in [-0.4, -0.2) is 38.8 Å². The zero-order chi connectivity index (χ0) is 20.8. The number of hydrogen-bond donors (Lipinski definition) is 1. The lowest BCUT2D eigenvalue weighted by Crippen LogP contribution is -2.38. The maximum absolute atomic E-state index is 12.9. The van der Waals surface area contributed by atoms with Crippen molar-refractivity contribution >= 4 is 10.9 Å². The number of aromatic nitrogens is 2. The first-order valence-corrected chi connectivity index (χ1v) is 9.67. The topological polar surface area (TPSA) is 41.3 Å². The molecule has 1 aliphatic heterocycles. The predicted molar refractivity (Wildman–Crippen MR) is 106 cm³/mol. The van der Waals surface area contributed by atoms with Crippen LogP contribution in [-0.2, 0) is 25.1 Å². The largest absolute Gasteiger partial charge is 0.401 e. The van der Waals surface area contributed by atoms with Crippen molar-refractivity contribution < 1.29 is 18.3 Å². The predicted octanol–water partition coefficient (Wildman–Crippen LogP) is 4.17. The molecular formula is C22H24F3N3O. The highest BCUT2D eigenvalue weighted by Crippen LogP contribution is 2.35. The maximum Gasteiger partial charge on any atom is 0.401 e. The number of benzene rings is 1. The number of rotatable bonds is 4. The van der Waals surface area contributed by atoms with Crippen LogP contribution in [0.15, 0.2) is 42.7 Å². The molecule has 1 unspecified atom stereocenters. The second-order valence-corrected chi connectivity index (χ2v) is 8.12. The molecule has 0 amide bonds. The second-order valence-electron chi connectivity index (χ2n) is 8.12. The molecule has 7 heteroatoms. The van der Waals surface area contributed by atoms with Gasteiger partial charge in [0, 0.05) is 48.5 Å². The summed E-state index contributed by atoms with van der Waals surface area (Å²) in [6, 6.07) is 9.60. The number of hydrogen-bond acceptors (Lipinski definition) is 3. The van der Waals surface area contributed by atoms with Crippen molar-refractivity contribution in [3.8, 4) is 0 Å². The fraction of sp³-hybridized carbons (Fsp3) is 0.409. The van der Waals surface area contributed by atoms with Gasteiger partial charge in [-0.3, -0.25) is 9.88 Å². The van der Waals surface area contributed by atoms with Gasteiger partial charge in [-0.1, -0.05) is 11.6 Å². The minimum Gasteiger partial charge on any atom is -0.384 e. The molecule has 4 nitrogen and oxygen atoms in total. The van der Waals surface area contributed by atoms with Crippen LogP contribution in [0.2, 0.25) is 0 Å². The average Bonchev–Trinajstić information content (AvgIpc) is 2.93. The van der Waals surface area contributed by atoms with Crippen LogP contribution >= 0.6 is 0 Å². The van der Waals surface area contributed by atoms with Gasteiger partial charge in [-0.2, -0.15) is 13.2 Å². The Morgan fingerprint density at radius 1 is 1.10 bits per heavy atom. The normalized spacial score (nSPS) is 17.3. The summed E-state index contributed by atoms with van der Waals surface area (Å²) in [6.45, 7) is 3.77. The van der Waals surface area contributed by atoms with E-state index in [9.17, 15) is 18.3 Å². The molecule has 1 N–H and O–H groups in total. The molecule has 1 aromatic carbocycles. The Bertz CT molecular complexity index is 1030. The number of aliphatic hydroxyl groups is 1. The Kier molecular flexibility index (Phi) is 4.91. The van der Waals surface area contributed by atoms with Crippen molar-refractivity contribution in [1.29, 1.82) is 0 Å². The molecule has 0 aliphatic carbocycles. The van der Waals surface area contributed by atoms with E-state index >= 15 is 0 Å². The van der Waals surface area contributed by atoms with Crippen LogP contribution in [0, 0.1) is 6.92 Å². The van der Waals surface area contributed by atoms with Gasteiger partial charge in [0.05, 0.1) is 13.1 Å². The molecule has 3 aromatic rings. The third kappa shape index (κ3) is 4.02. The smallest absolute Gasteiger partial charge is 0.384 e. The van der Waals surface area contributed by atoms with Gasteiger partial charge in [0.2, 0.25) is 0 Å². The number of aryl methyl sites for hydroxylation is 1. The van der Waals surface area contributed by atoms with E-state index in [0.717, 1.165) is 33.3 Å². The molecule has 29 heavy (non-hydrogen) atoms. The summed E-state index contributed by atoms with van der Waals surface area (Å²) in [6.07, 6.45) is -0.404. The Balaban J connectivity index is 1.76. The van der Waals surface area contributed by atoms with Crippen LogP contribution in [0.3, 0.4) is 0 Å². The summed E-state index contributed by atoms with van der Waals surface area (Å²) in [5.41, 5.74) is 3.58. The van der Waals surface area contributed by atoms with Crippen molar-refractivity contribution in [2.45, 2.75) is 45.1 Å². The standard InChI is InChI=1S/C22H24F3N3O/c1-15-3-4-19-17(11-15)18-12-27(14-22(23,24)25)10-7-20(18)28(19)13-21(2,29)16-5-8-26-9-6-16/h3-6,8-9,11,29H,7,10,12-14H2,1-2H3. The van der Waals surface area contributed by atoms with Crippen molar-refractivity contribution in [2.75, 3.05) is 13.1 Å². The lowest BCUT2D eigenvalue weighted by Gasteiger charge is -2.30. The molecule has 0 radical (unpaired) electrons. The Morgan fingerprint density at radius 3 is 2.52 bits per heavy atom. The van der Waals surface area contributed by atoms with Crippen molar-refractivity contribution in [2.24, 2.45) is 0 Å². The SMILES string of the molecule is Cc1ccc2c(c1)c1c(n2CC(C)(O)c2ccncc2)CCN(CC(F)(F)F)C1. The molecule has 0 saturated carbocycles. The third-order valence-corrected chi connectivity index (χ3v) is 5.66. The van der Waals surface area contributed by atoms with E-state index in [0.29, 0.717) is 19.5 Å². The molecule has 0 fully saturated rings. The number of halogens is 3. The lowest BCUT2D eigenvalue weighted by molar-refractivity contribution is -0.147. The van der Waals surface area contributed by atoms with Gasteiger partial charge in [-0.15, -0.1) is 0 Å². The second kappa shape index (κ2) is 7.15. The highest BCUT2D eigenvalue weighted by atomic mass is 19.4. The van der Waals surface area contributed by atoms with Gasteiger partial charge in [-0.05, 0) is 49.2 Å². The maximum atomic E-state index is 12.9. The van der Waals surface area contributed by atoms with E-state index in [1.165, 1.54) is 4.90 Å². The molecule has 0 saturated heterocycles. The number of alkyl halides is 3. The van der Waals surface area contributed by atoms with E-state index in [2.05, 4.69) is 9.55 Å². The van der Waals surface area contributed by atoms with Gasteiger partial charge < -0.3 is 9.67 Å². The summed E-state index contributed by atoms with van der Waals surface area (Å²) in [5.74, 6) is 0. The molecule has 1 aliphatic rings. The molecule has 154 valence electrons. The fourth-order valence-corrected chi connectivity index (χ4v) is 4.30. The highest BCUT2D eigenvalue weighted by molar-refractivity contribution is 5.86. The summed E-state index contributed by atoms with van der Waals surface area (Å²) >= 11 is 0. The van der Waals surface area contributed by atoms with E-state index in [1.54, 1.807) is 31.5 Å². The Labute approximate surface area is 167 Å².